The SMILES string of the molecule is CCCC[CH]S(=O)(=O)c1ccccc1.[CH3][GeH]([CH3])[CH3]. The molecule has 1 rings (SSSR count). The van der Waals surface area contributed by atoms with Crippen molar-refractivity contribution in [1.29, 1.82) is 0 Å². The van der Waals surface area contributed by atoms with Crippen molar-refractivity contribution in [3.05, 3.63) is 36.1 Å². The van der Waals surface area contributed by atoms with E-state index < -0.39 is 24.2 Å². The Balaban J connectivity index is 0.000000631. The number of hydrogen-bond donors (Lipinski definition) is 0. The summed E-state index contributed by atoms with van der Waals surface area (Å²) < 4.78 is 23.3. The molecule has 2 nitrogen and oxygen atoms in total. The van der Waals surface area contributed by atoms with E-state index in [1.54, 1.807) is 24.3 Å². The van der Waals surface area contributed by atoms with Crippen LogP contribution in [0.25, 0.3) is 0 Å². The summed E-state index contributed by atoms with van der Waals surface area (Å²) >= 11 is -0.479. The normalized spacial score (nSPS) is 10.9. The zero-order valence-electron chi connectivity index (χ0n) is 11.9. The van der Waals surface area contributed by atoms with Crippen LogP contribution in [-0.4, -0.2) is 22.8 Å². The van der Waals surface area contributed by atoms with Crippen molar-refractivity contribution in [2.24, 2.45) is 0 Å². The van der Waals surface area contributed by atoms with Gasteiger partial charge in [-0.1, -0.05) is 38.0 Å². The number of sulfone groups is 1. The molecule has 4 heteroatoms. The van der Waals surface area contributed by atoms with Crippen LogP contribution in [-0.2, 0) is 9.84 Å². The van der Waals surface area contributed by atoms with E-state index in [2.05, 4.69) is 17.3 Å². The van der Waals surface area contributed by atoms with Crippen LogP contribution in [0.4, 0.5) is 0 Å². The van der Waals surface area contributed by atoms with Crippen LogP contribution in [0.15, 0.2) is 35.2 Å². The van der Waals surface area contributed by atoms with Crippen molar-refractivity contribution in [2.45, 2.75) is 48.4 Å². The molecule has 0 fully saturated rings. The van der Waals surface area contributed by atoms with Crippen LogP contribution in [0.1, 0.15) is 26.2 Å². The number of benzene rings is 1. The van der Waals surface area contributed by atoms with Gasteiger partial charge in [-0.15, -0.1) is 0 Å². The molecule has 103 valence electrons. The van der Waals surface area contributed by atoms with Crippen LogP contribution in [0.5, 0.6) is 0 Å². The topological polar surface area (TPSA) is 34.1 Å². The Kier molecular flexibility index (Phi) is 9.46. The Morgan fingerprint density at radius 1 is 1.11 bits per heavy atom. The summed E-state index contributed by atoms with van der Waals surface area (Å²) in [5.41, 5.74) is 0. The van der Waals surface area contributed by atoms with Gasteiger partial charge in [-0.2, -0.15) is 0 Å². The summed E-state index contributed by atoms with van der Waals surface area (Å²) in [4.78, 5) is 0.385. The van der Waals surface area contributed by atoms with E-state index in [1.807, 2.05) is 13.0 Å². The molecular formula is C14H25GeO2S. The molecule has 1 aromatic rings. The fourth-order valence-corrected chi connectivity index (χ4v) is 2.35. The Morgan fingerprint density at radius 2 is 1.61 bits per heavy atom. The van der Waals surface area contributed by atoms with Crippen molar-refractivity contribution in [3.63, 3.8) is 0 Å². The van der Waals surface area contributed by atoms with Crippen molar-refractivity contribution in [1.82, 2.24) is 0 Å². The Labute approximate surface area is 117 Å². The molecular weight excluding hydrogens is 305 g/mol. The standard InChI is InChI=1S/C11H15O2S.C3H10Ge/c1-2-3-7-10-14(12,13)11-8-5-4-6-9-11;1-4(2)3/h4-6,8-10H,2-3,7H2,1H3;4H,1-3H3. The quantitative estimate of drug-likeness (QED) is 0.606. The third-order valence-corrected chi connectivity index (χ3v) is 3.57. The van der Waals surface area contributed by atoms with E-state index in [9.17, 15) is 8.42 Å². The summed E-state index contributed by atoms with van der Waals surface area (Å²) in [5.74, 6) is 8.47. The number of hydrogen-bond acceptors (Lipinski definition) is 2. The average molecular weight is 330 g/mol. The first kappa shape index (κ1) is 17.7. The third kappa shape index (κ3) is 8.75. The molecule has 0 unspecified atom stereocenters. The van der Waals surface area contributed by atoms with Gasteiger partial charge >= 0.3 is 31.6 Å². The molecule has 1 aromatic carbocycles. The summed E-state index contributed by atoms with van der Waals surface area (Å²) in [6, 6.07) is 8.53. The van der Waals surface area contributed by atoms with Gasteiger partial charge in [0.15, 0.2) is 9.84 Å². The molecule has 0 saturated carbocycles. The molecule has 0 atom stereocenters. The van der Waals surface area contributed by atoms with Gasteiger partial charge in [-0.25, -0.2) is 8.42 Å². The van der Waals surface area contributed by atoms with Gasteiger partial charge in [-0.3, -0.25) is 0 Å². The Hall–Kier alpha value is -0.287. The van der Waals surface area contributed by atoms with E-state index in [1.165, 1.54) is 5.75 Å². The van der Waals surface area contributed by atoms with E-state index in [0.29, 0.717) is 11.3 Å². The second kappa shape index (κ2) is 9.62. The van der Waals surface area contributed by atoms with Gasteiger partial charge in [0.1, 0.15) is 0 Å². The molecule has 0 aliphatic rings. The van der Waals surface area contributed by atoms with Crippen molar-refractivity contribution >= 4 is 24.2 Å². The van der Waals surface area contributed by atoms with Gasteiger partial charge < -0.3 is 0 Å². The summed E-state index contributed by atoms with van der Waals surface area (Å²) in [5, 5.41) is 0. The molecule has 0 saturated heterocycles. The van der Waals surface area contributed by atoms with Crippen molar-refractivity contribution in [3.8, 4) is 0 Å². The summed E-state index contributed by atoms with van der Waals surface area (Å²) in [6.45, 7) is 2.04. The molecule has 0 amide bonds. The summed E-state index contributed by atoms with van der Waals surface area (Å²) in [6.07, 6.45) is 2.57. The van der Waals surface area contributed by atoms with Gasteiger partial charge in [-0.05, 0) is 18.6 Å². The average Bonchev–Trinajstić information content (AvgIpc) is 2.30. The predicted octanol–water partition coefficient (Wildman–Crippen LogP) is 3.92. The molecule has 0 aliphatic heterocycles. The Morgan fingerprint density at radius 3 is 2.06 bits per heavy atom. The van der Waals surface area contributed by atoms with Crippen molar-refractivity contribution < 1.29 is 8.42 Å². The monoisotopic (exact) mass is 331 g/mol. The molecule has 0 N–H and O–H groups in total. The van der Waals surface area contributed by atoms with Crippen LogP contribution in [0, 0.1) is 5.75 Å². The van der Waals surface area contributed by atoms with E-state index >= 15 is 0 Å². The van der Waals surface area contributed by atoms with E-state index in [-0.39, 0.29) is 0 Å². The molecule has 0 spiro atoms. The van der Waals surface area contributed by atoms with Gasteiger partial charge in [0, 0.05) is 0 Å². The molecule has 0 aromatic heterocycles. The number of unbranched alkanes of at least 4 members (excludes halogenated alkanes) is 2. The maximum absolute atomic E-state index is 11.7. The fourth-order valence-electron chi connectivity index (χ4n) is 1.15. The van der Waals surface area contributed by atoms with Crippen molar-refractivity contribution in [2.75, 3.05) is 0 Å². The minimum absolute atomic E-state index is 0.385. The first-order chi connectivity index (χ1) is 8.40. The third-order valence-electron chi connectivity index (χ3n) is 1.97. The van der Waals surface area contributed by atoms with Crippen LogP contribution >= 0.6 is 0 Å². The van der Waals surface area contributed by atoms with Gasteiger partial charge in [0.25, 0.3) is 0 Å². The fraction of sp³-hybridized carbons (Fsp3) is 0.500. The molecule has 1 radical (unpaired) electrons. The van der Waals surface area contributed by atoms with Gasteiger partial charge in [0.05, 0.1) is 10.6 Å². The zero-order chi connectivity index (χ0) is 14.0. The Bertz CT molecular complexity index is 396. The molecule has 0 heterocycles. The van der Waals surface area contributed by atoms with Crippen LogP contribution in [0.2, 0.25) is 17.3 Å². The molecule has 18 heavy (non-hydrogen) atoms. The predicted molar refractivity (Wildman–Crippen MR) is 82.2 cm³/mol. The van der Waals surface area contributed by atoms with Crippen LogP contribution in [0.3, 0.4) is 0 Å². The van der Waals surface area contributed by atoms with E-state index in [0.717, 1.165) is 12.8 Å². The zero-order valence-corrected chi connectivity index (χ0v) is 15.1. The first-order valence-electron chi connectivity index (χ1n) is 6.53. The maximum atomic E-state index is 11.7. The van der Waals surface area contributed by atoms with E-state index in [4.69, 9.17) is 0 Å². The second-order valence-corrected chi connectivity index (χ2v) is 14.1. The first-order valence-corrected chi connectivity index (χ1v) is 15.3. The minimum atomic E-state index is -3.16. The number of rotatable bonds is 5. The summed E-state index contributed by atoms with van der Waals surface area (Å²) in [7, 11) is -3.16. The van der Waals surface area contributed by atoms with Gasteiger partial charge in [0.2, 0.25) is 0 Å². The van der Waals surface area contributed by atoms with Crippen LogP contribution < -0.4 is 0 Å². The molecule has 0 aliphatic carbocycles. The molecule has 0 bridgehead atoms. The second-order valence-electron chi connectivity index (χ2n) is 4.90.